The van der Waals surface area contributed by atoms with Crippen LogP contribution < -0.4 is 10.6 Å². The predicted octanol–water partition coefficient (Wildman–Crippen LogP) is 0.970. The summed E-state index contributed by atoms with van der Waals surface area (Å²) < 4.78 is 0. The summed E-state index contributed by atoms with van der Waals surface area (Å²) >= 11 is 0. The van der Waals surface area contributed by atoms with Crippen LogP contribution in [-0.2, 0) is 0 Å². The Morgan fingerprint density at radius 2 is 2.23 bits per heavy atom. The van der Waals surface area contributed by atoms with E-state index < -0.39 is 0 Å². The summed E-state index contributed by atoms with van der Waals surface area (Å²) in [6, 6.07) is 0.629. The van der Waals surface area contributed by atoms with Crippen LogP contribution in [0.3, 0.4) is 0 Å². The van der Waals surface area contributed by atoms with Gasteiger partial charge in [0.25, 0.3) is 0 Å². The van der Waals surface area contributed by atoms with Crippen molar-refractivity contribution < 1.29 is 0 Å². The monoisotopic (exact) mass is 181 g/mol. The van der Waals surface area contributed by atoms with E-state index in [2.05, 4.69) is 29.5 Å². The van der Waals surface area contributed by atoms with Gasteiger partial charge in [0, 0.05) is 12.6 Å². The van der Waals surface area contributed by atoms with Crippen molar-refractivity contribution in [2.45, 2.75) is 32.7 Å². The molecule has 13 heavy (non-hydrogen) atoms. The molecule has 0 aromatic rings. The van der Waals surface area contributed by atoms with Gasteiger partial charge in [0.1, 0.15) is 0 Å². The first kappa shape index (κ1) is 8.85. The zero-order valence-corrected chi connectivity index (χ0v) is 8.51. The Hall–Kier alpha value is -0.730. The molecule has 0 aromatic heterocycles. The quantitative estimate of drug-likeness (QED) is 0.680. The number of nitrogens with zero attached hydrogens (tertiary/aromatic N) is 1. The summed E-state index contributed by atoms with van der Waals surface area (Å²) in [5.41, 5.74) is 0. The second-order valence-corrected chi connectivity index (χ2v) is 4.41. The van der Waals surface area contributed by atoms with Crippen molar-refractivity contribution in [2.24, 2.45) is 16.8 Å². The molecule has 74 valence electrons. The molecule has 1 heterocycles. The van der Waals surface area contributed by atoms with Gasteiger partial charge in [0.2, 0.25) is 0 Å². The third-order valence-electron chi connectivity index (χ3n) is 2.83. The molecule has 2 N–H and O–H groups in total. The zero-order valence-electron chi connectivity index (χ0n) is 8.51. The van der Waals surface area contributed by atoms with E-state index in [-0.39, 0.29) is 0 Å². The summed E-state index contributed by atoms with van der Waals surface area (Å²) in [5.74, 6) is 2.62. The molecule has 0 radical (unpaired) electrons. The Morgan fingerprint density at radius 3 is 2.69 bits per heavy atom. The standard InChI is InChI=1S/C10H19N3/c1-7(2)9(8-3-4-8)13-10-11-5-6-12-10/h7-9H,3-6H2,1-2H3,(H2,11,12,13). The molecular formula is C10H19N3. The maximum Gasteiger partial charge on any atom is 0.191 e. The lowest BCUT2D eigenvalue weighted by atomic mass is 10.00. The molecule has 2 aliphatic rings. The molecule has 0 saturated heterocycles. The predicted molar refractivity (Wildman–Crippen MR) is 54.8 cm³/mol. The highest BCUT2D eigenvalue weighted by Gasteiger charge is 2.33. The van der Waals surface area contributed by atoms with E-state index in [1.165, 1.54) is 12.8 Å². The lowest BCUT2D eigenvalue weighted by Gasteiger charge is -2.22. The molecule has 0 amide bonds. The van der Waals surface area contributed by atoms with Gasteiger partial charge >= 0.3 is 0 Å². The lowest BCUT2D eigenvalue weighted by molar-refractivity contribution is 0.407. The fraction of sp³-hybridized carbons (Fsp3) is 0.900. The minimum atomic E-state index is 0.629. The molecule has 1 saturated carbocycles. The molecule has 1 fully saturated rings. The van der Waals surface area contributed by atoms with Crippen molar-refractivity contribution in [1.82, 2.24) is 10.6 Å². The van der Waals surface area contributed by atoms with E-state index in [0.717, 1.165) is 25.0 Å². The van der Waals surface area contributed by atoms with Gasteiger partial charge in [0.05, 0.1) is 6.54 Å². The number of rotatable bonds is 3. The summed E-state index contributed by atoms with van der Waals surface area (Å²) in [6.45, 7) is 6.49. The van der Waals surface area contributed by atoms with Crippen LogP contribution in [0.15, 0.2) is 4.99 Å². The van der Waals surface area contributed by atoms with Crippen LogP contribution in [0, 0.1) is 11.8 Å². The molecule has 0 bridgehead atoms. The Bertz CT molecular complexity index is 204. The smallest absolute Gasteiger partial charge is 0.191 e. The van der Waals surface area contributed by atoms with Gasteiger partial charge in [-0.25, -0.2) is 0 Å². The third kappa shape index (κ3) is 2.14. The molecule has 1 aliphatic carbocycles. The van der Waals surface area contributed by atoms with Crippen molar-refractivity contribution in [3.8, 4) is 0 Å². The molecule has 3 heteroatoms. The van der Waals surface area contributed by atoms with Gasteiger partial charge in [-0.2, -0.15) is 0 Å². The number of nitrogens with one attached hydrogen (secondary N) is 2. The lowest BCUT2D eigenvalue weighted by Crippen LogP contribution is -2.44. The third-order valence-corrected chi connectivity index (χ3v) is 2.83. The van der Waals surface area contributed by atoms with E-state index in [1.54, 1.807) is 0 Å². The Kier molecular flexibility index (Phi) is 2.42. The van der Waals surface area contributed by atoms with Crippen LogP contribution in [0.5, 0.6) is 0 Å². The van der Waals surface area contributed by atoms with Gasteiger partial charge < -0.3 is 10.6 Å². The molecule has 1 unspecified atom stereocenters. The highest BCUT2D eigenvalue weighted by molar-refractivity contribution is 5.81. The minimum absolute atomic E-state index is 0.629. The largest absolute Gasteiger partial charge is 0.355 e. The fourth-order valence-corrected chi connectivity index (χ4v) is 1.94. The van der Waals surface area contributed by atoms with Crippen LogP contribution in [0.25, 0.3) is 0 Å². The molecule has 1 atom stereocenters. The Morgan fingerprint density at radius 1 is 1.46 bits per heavy atom. The second kappa shape index (κ2) is 3.56. The SMILES string of the molecule is CC(C)C(NC1=NCCN1)C1CC1. The highest BCUT2D eigenvalue weighted by Crippen LogP contribution is 2.35. The van der Waals surface area contributed by atoms with Crippen LogP contribution >= 0.6 is 0 Å². The summed E-state index contributed by atoms with van der Waals surface area (Å²) in [6.07, 6.45) is 2.78. The normalized spacial score (nSPS) is 24.1. The van der Waals surface area contributed by atoms with Crippen LogP contribution in [0.2, 0.25) is 0 Å². The first-order valence-corrected chi connectivity index (χ1v) is 5.32. The highest BCUT2D eigenvalue weighted by atomic mass is 15.2. The van der Waals surface area contributed by atoms with Crippen molar-refractivity contribution in [3.05, 3.63) is 0 Å². The Labute approximate surface area is 80.0 Å². The Balaban J connectivity index is 1.88. The van der Waals surface area contributed by atoms with E-state index >= 15 is 0 Å². The average Bonchev–Trinajstić information content (AvgIpc) is 2.79. The van der Waals surface area contributed by atoms with Crippen molar-refractivity contribution in [1.29, 1.82) is 0 Å². The average molecular weight is 181 g/mol. The molecule has 2 rings (SSSR count). The van der Waals surface area contributed by atoms with Crippen LogP contribution in [0.1, 0.15) is 26.7 Å². The first-order valence-electron chi connectivity index (χ1n) is 5.32. The maximum absolute atomic E-state index is 4.36. The van der Waals surface area contributed by atoms with Gasteiger partial charge in [0.15, 0.2) is 5.96 Å². The fourth-order valence-electron chi connectivity index (χ4n) is 1.94. The first-order chi connectivity index (χ1) is 6.27. The topological polar surface area (TPSA) is 36.4 Å². The van der Waals surface area contributed by atoms with E-state index in [9.17, 15) is 0 Å². The summed E-state index contributed by atoms with van der Waals surface area (Å²) in [4.78, 5) is 4.36. The van der Waals surface area contributed by atoms with Gasteiger partial charge in [-0.1, -0.05) is 13.8 Å². The van der Waals surface area contributed by atoms with Gasteiger partial charge in [-0.15, -0.1) is 0 Å². The van der Waals surface area contributed by atoms with Crippen LogP contribution in [-0.4, -0.2) is 25.1 Å². The van der Waals surface area contributed by atoms with E-state index in [0.29, 0.717) is 12.0 Å². The second-order valence-electron chi connectivity index (χ2n) is 4.41. The zero-order chi connectivity index (χ0) is 9.26. The maximum atomic E-state index is 4.36. The van der Waals surface area contributed by atoms with Crippen molar-refractivity contribution in [3.63, 3.8) is 0 Å². The molecule has 3 nitrogen and oxygen atoms in total. The molecule has 1 aliphatic heterocycles. The van der Waals surface area contributed by atoms with Gasteiger partial charge in [-0.3, -0.25) is 4.99 Å². The number of aliphatic imine (C=N–C) groups is 1. The van der Waals surface area contributed by atoms with E-state index in [1.807, 2.05) is 0 Å². The number of hydrogen-bond donors (Lipinski definition) is 2. The van der Waals surface area contributed by atoms with Crippen molar-refractivity contribution >= 4 is 5.96 Å². The molecular weight excluding hydrogens is 162 g/mol. The van der Waals surface area contributed by atoms with E-state index in [4.69, 9.17) is 0 Å². The molecule has 0 aromatic carbocycles. The minimum Gasteiger partial charge on any atom is -0.355 e. The van der Waals surface area contributed by atoms with Crippen molar-refractivity contribution in [2.75, 3.05) is 13.1 Å². The number of hydrogen-bond acceptors (Lipinski definition) is 3. The summed E-state index contributed by atoms with van der Waals surface area (Å²) in [7, 11) is 0. The van der Waals surface area contributed by atoms with Gasteiger partial charge in [-0.05, 0) is 24.7 Å². The van der Waals surface area contributed by atoms with Crippen LogP contribution in [0.4, 0.5) is 0 Å². The number of guanidine groups is 1. The molecule has 0 spiro atoms. The summed E-state index contributed by atoms with van der Waals surface area (Å²) in [5, 5.41) is 6.78.